The molecule has 3 aromatic rings. The van der Waals surface area contributed by atoms with Crippen LogP contribution in [0.1, 0.15) is 15.9 Å². The largest absolute Gasteiger partial charge is 0.508 e. The fourth-order valence-electron chi connectivity index (χ4n) is 2.06. The number of rotatable bonds is 3. The van der Waals surface area contributed by atoms with E-state index in [1.165, 1.54) is 12.1 Å². The number of aromatic hydroxyl groups is 2. The van der Waals surface area contributed by atoms with E-state index in [4.69, 9.17) is 4.74 Å². The smallest absolute Gasteiger partial charge is 0.342 e. The van der Waals surface area contributed by atoms with Crippen LogP contribution in [0.15, 0.2) is 47.8 Å². The Balaban J connectivity index is 1.77. The van der Waals surface area contributed by atoms with E-state index < -0.39 is 5.97 Å². The van der Waals surface area contributed by atoms with Gasteiger partial charge in [-0.1, -0.05) is 18.2 Å². The number of esters is 1. The first-order valence-corrected chi connectivity index (χ1v) is 7.17. The molecule has 0 fully saturated rings. The van der Waals surface area contributed by atoms with E-state index in [1.807, 2.05) is 29.6 Å². The fourth-order valence-corrected chi connectivity index (χ4v) is 3.01. The molecule has 106 valence electrons. The third-order valence-corrected chi connectivity index (χ3v) is 4.13. The topological polar surface area (TPSA) is 66.8 Å². The average molecular weight is 300 g/mol. The van der Waals surface area contributed by atoms with Crippen LogP contribution in [-0.4, -0.2) is 16.2 Å². The molecule has 0 aliphatic heterocycles. The van der Waals surface area contributed by atoms with Gasteiger partial charge in [-0.15, -0.1) is 11.3 Å². The highest BCUT2D eigenvalue weighted by Crippen LogP contribution is 2.27. The maximum absolute atomic E-state index is 11.9. The molecule has 0 saturated carbocycles. The van der Waals surface area contributed by atoms with E-state index in [9.17, 15) is 15.0 Å². The molecule has 3 rings (SSSR count). The van der Waals surface area contributed by atoms with Crippen molar-refractivity contribution in [1.82, 2.24) is 0 Å². The second-order valence-electron chi connectivity index (χ2n) is 4.53. The van der Waals surface area contributed by atoms with Crippen molar-refractivity contribution in [2.45, 2.75) is 6.61 Å². The Morgan fingerprint density at radius 2 is 1.95 bits per heavy atom. The van der Waals surface area contributed by atoms with E-state index in [0.717, 1.165) is 21.7 Å². The van der Waals surface area contributed by atoms with Crippen molar-refractivity contribution in [2.24, 2.45) is 0 Å². The zero-order valence-electron chi connectivity index (χ0n) is 10.9. The van der Waals surface area contributed by atoms with E-state index in [-0.39, 0.29) is 23.7 Å². The lowest BCUT2D eigenvalue weighted by atomic mass is 10.2. The van der Waals surface area contributed by atoms with Gasteiger partial charge in [-0.25, -0.2) is 4.79 Å². The molecular formula is C16H12O4S. The first-order valence-electron chi connectivity index (χ1n) is 6.29. The van der Waals surface area contributed by atoms with Crippen LogP contribution >= 0.6 is 11.3 Å². The zero-order valence-corrected chi connectivity index (χ0v) is 11.8. The van der Waals surface area contributed by atoms with Gasteiger partial charge in [0, 0.05) is 16.3 Å². The van der Waals surface area contributed by atoms with Gasteiger partial charge in [0.15, 0.2) is 0 Å². The van der Waals surface area contributed by atoms with Gasteiger partial charge in [-0.3, -0.25) is 0 Å². The molecule has 0 aliphatic rings. The number of phenols is 2. The third-order valence-electron chi connectivity index (χ3n) is 3.12. The molecule has 5 heteroatoms. The van der Waals surface area contributed by atoms with Crippen LogP contribution in [0.2, 0.25) is 0 Å². The monoisotopic (exact) mass is 300 g/mol. The predicted molar refractivity (Wildman–Crippen MR) is 80.7 cm³/mol. The van der Waals surface area contributed by atoms with Gasteiger partial charge in [0.05, 0.1) is 0 Å². The van der Waals surface area contributed by atoms with Gasteiger partial charge < -0.3 is 14.9 Å². The molecule has 4 nitrogen and oxygen atoms in total. The molecule has 1 heterocycles. The lowest BCUT2D eigenvalue weighted by Crippen LogP contribution is -2.05. The summed E-state index contributed by atoms with van der Waals surface area (Å²) in [6.45, 7) is 0.142. The van der Waals surface area contributed by atoms with Crippen molar-refractivity contribution >= 4 is 27.4 Å². The Hall–Kier alpha value is -2.53. The number of ether oxygens (including phenoxy) is 1. The maximum Gasteiger partial charge on any atom is 0.342 e. The summed E-state index contributed by atoms with van der Waals surface area (Å²) < 4.78 is 6.36. The standard InChI is InChI=1S/C16H12O4S/c17-11-5-6-13(14(18)7-11)16(19)20-8-10-9-21-15-4-2-1-3-12(10)15/h1-7,9,17-18H,8H2. The van der Waals surface area contributed by atoms with Crippen molar-refractivity contribution in [3.63, 3.8) is 0 Å². The minimum Gasteiger partial charge on any atom is -0.508 e. The first kappa shape index (κ1) is 13.5. The summed E-state index contributed by atoms with van der Waals surface area (Å²) in [7, 11) is 0. The minimum atomic E-state index is -0.622. The van der Waals surface area contributed by atoms with Crippen molar-refractivity contribution in [3.8, 4) is 11.5 Å². The summed E-state index contributed by atoms with van der Waals surface area (Å²) in [5, 5.41) is 21.9. The number of hydrogen-bond acceptors (Lipinski definition) is 5. The lowest BCUT2D eigenvalue weighted by Gasteiger charge is -2.06. The number of benzene rings is 2. The van der Waals surface area contributed by atoms with Gasteiger partial charge >= 0.3 is 5.97 Å². The SMILES string of the molecule is O=C(OCc1csc2ccccc12)c1ccc(O)cc1O. The molecule has 0 atom stereocenters. The highest BCUT2D eigenvalue weighted by atomic mass is 32.1. The average Bonchev–Trinajstić information content (AvgIpc) is 2.88. The van der Waals surface area contributed by atoms with E-state index in [1.54, 1.807) is 11.3 Å². The normalized spacial score (nSPS) is 10.7. The molecule has 0 spiro atoms. The number of fused-ring (bicyclic) bond motifs is 1. The lowest BCUT2D eigenvalue weighted by molar-refractivity contribution is 0.0471. The van der Waals surface area contributed by atoms with Crippen LogP contribution in [0.3, 0.4) is 0 Å². The quantitative estimate of drug-likeness (QED) is 0.724. The molecule has 21 heavy (non-hydrogen) atoms. The molecule has 0 saturated heterocycles. The minimum absolute atomic E-state index is 0.0346. The summed E-state index contributed by atoms with van der Waals surface area (Å²) in [5.74, 6) is -1.02. The van der Waals surface area contributed by atoms with E-state index in [0.29, 0.717) is 0 Å². The third kappa shape index (κ3) is 2.68. The molecule has 2 N–H and O–H groups in total. The summed E-state index contributed by atoms with van der Waals surface area (Å²) >= 11 is 1.59. The summed E-state index contributed by atoms with van der Waals surface area (Å²) in [6.07, 6.45) is 0. The first-order chi connectivity index (χ1) is 10.1. The van der Waals surface area contributed by atoms with E-state index in [2.05, 4.69) is 0 Å². The van der Waals surface area contributed by atoms with E-state index >= 15 is 0 Å². The van der Waals surface area contributed by atoms with Crippen LogP contribution in [-0.2, 0) is 11.3 Å². The number of phenolic OH excluding ortho intramolecular Hbond substituents is 2. The summed E-state index contributed by atoms with van der Waals surface area (Å²) in [6, 6.07) is 11.7. The van der Waals surface area contributed by atoms with Crippen LogP contribution in [0.5, 0.6) is 11.5 Å². The Morgan fingerprint density at radius 3 is 2.76 bits per heavy atom. The molecule has 0 radical (unpaired) electrons. The number of thiophene rings is 1. The van der Waals surface area contributed by atoms with Crippen molar-refractivity contribution < 1.29 is 19.7 Å². The molecular weight excluding hydrogens is 288 g/mol. The molecule has 2 aromatic carbocycles. The Bertz CT molecular complexity index is 807. The number of carbonyl (C=O) groups is 1. The summed E-state index contributed by atoms with van der Waals surface area (Å²) in [5.41, 5.74) is 0.967. The van der Waals surface area contributed by atoms with Gasteiger partial charge in [-0.05, 0) is 29.0 Å². The molecule has 0 unspecified atom stereocenters. The molecule has 0 bridgehead atoms. The second-order valence-corrected chi connectivity index (χ2v) is 5.45. The van der Waals surface area contributed by atoms with Crippen molar-refractivity contribution in [3.05, 3.63) is 59.0 Å². The van der Waals surface area contributed by atoms with Crippen LogP contribution in [0.4, 0.5) is 0 Å². The zero-order chi connectivity index (χ0) is 14.8. The Morgan fingerprint density at radius 1 is 1.14 bits per heavy atom. The number of carbonyl (C=O) groups excluding carboxylic acids is 1. The van der Waals surface area contributed by atoms with Gasteiger partial charge in [0.25, 0.3) is 0 Å². The molecule has 0 aliphatic carbocycles. The van der Waals surface area contributed by atoms with Crippen molar-refractivity contribution in [2.75, 3.05) is 0 Å². The van der Waals surface area contributed by atoms with Crippen LogP contribution in [0.25, 0.3) is 10.1 Å². The second kappa shape index (κ2) is 5.46. The molecule has 1 aromatic heterocycles. The van der Waals surface area contributed by atoms with Crippen LogP contribution < -0.4 is 0 Å². The highest BCUT2D eigenvalue weighted by Gasteiger charge is 2.14. The molecule has 0 amide bonds. The maximum atomic E-state index is 11.9. The number of hydrogen-bond donors (Lipinski definition) is 2. The highest BCUT2D eigenvalue weighted by molar-refractivity contribution is 7.17. The predicted octanol–water partition coefficient (Wildman–Crippen LogP) is 3.67. The van der Waals surface area contributed by atoms with Gasteiger partial charge in [0.2, 0.25) is 0 Å². The fraction of sp³-hybridized carbons (Fsp3) is 0.0625. The van der Waals surface area contributed by atoms with Crippen LogP contribution in [0, 0.1) is 0 Å². The van der Waals surface area contributed by atoms with Crippen molar-refractivity contribution in [1.29, 1.82) is 0 Å². The Labute approximate surface area is 124 Å². The summed E-state index contributed by atoms with van der Waals surface area (Å²) in [4.78, 5) is 11.9. The Kier molecular flexibility index (Phi) is 3.50. The van der Waals surface area contributed by atoms with Gasteiger partial charge in [-0.2, -0.15) is 0 Å². The van der Waals surface area contributed by atoms with Gasteiger partial charge in [0.1, 0.15) is 23.7 Å².